The minimum absolute atomic E-state index is 0.164. The number of anilines is 2. The van der Waals surface area contributed by atoms with E-state index >= 15 is 0 Å². The summed E-state index contributed by atoms with van der Waals surface area (Å²) >= 11 is 0. The van der Waals surface area contributed by atoms with E-state index in [1.807, 2.05) is 16.8 Å². The number of hydrogen-bond acceptors (Lipinski definition) is 6. The van der Waals surface area contributed by atoms with Crippen LogP contribution < -0.4 is 5.32 Å². The van der Waals surface area contributed by atoms with Crippen LogP contribution in [0.15, 0.2) is 42.6 Å². The van der Waals surface area contributed by atoms with Gasteiger partial charge < -0.3 is 10.1 Å². The second kappa shape index (κ2) is 7.35. The molecule has 7 heteroatoms. The van der Waals surface area contributed by atoms with Crippen molar-refractivity contribution < 1.29 is 9.53 Å². The summed E-state index contributed by atoms with van der Waals surface area (Å²) in [6, 6.07) is 11.5. The molecule has 3 aromatic rings. The van der Waals surface area contributed by atoms with Crippen LogP contribution in [0.5, 0.6) is 0 Å². The molecule has 0 unspecified atom stereocenters. The van der Waals surface area contributed by atoms with Crippen molar-refractivity contribution in [3.8, 4) is 5.69 Å². The number of esters is 1. The first-order valence-electron chi connectivity index (χ1n) is 8.33. The third-order valence-corrected chi connectivity index (χ3v) is 3.95. The van der Waals surface area contributed by atoms with Gasteiger partial charge in [-0.1, -0.05) is 31.5 Å². The van der Waals surface area contributed by atoms with Crippen molar-refractivity contribution in [2.45, 2.75) is 26.7 Å². The second-order valence-corrected chi connectivity index (χ2v) is 6.27. The average molecular weight is 351 g/mol. The quantitative estimate of drug-likeness (QED) is 0.707. The van der Waals surface area contributed by atoms with Crippen molar-refractivity contribution in [1.82, 2.24) is 20.0 Å². The van der Waals surface area contributed by atoms with E-state index in [4.69, 9.17) is 0 Å². The van der Waals surface area contributed by atoms with Gasteiger partial charge in [-0.3, -0.25) is 0 Å². The van der Waals surface area contributed by atoms with Gasteiger partial charge in [0, 0.05) is 0 Å². The molecule has 1 aromatic carbocycles. The normalized spacial score (nSPS) is 10.8. The smallest absolute Gasteiger partial charge is 0.358 e. The molecule has 0 atom stereocenters. The summed E-state index contributed by atoms with van der Waals surface area (Å²) in [5, 5.41) is 15.7. The number of nitrogens with zero attached hydrogens (tertiary/aromatic N) is 4. The van der Waals surface area contributed by atoms with Crippen LogP contribution in [0.25, 0.3) is 5.69 Å². The molecule has 1 N–H and O–H groups in total. The minimum atomic E-state index is -0.515. The van der Waals surface area contributed by atoms with Gasteiger partial charge in [0.25, 0.3) is 0 Å². The summed E-state index contributed by atoms with van der Waals surface area (Å²) in [5.41, 5.74) is 4.25. The molecule has 0 radical (unpaired) electrons. The Morgan fingerprint density at radius 3 is 2.42 bits per heavy atom. The SMILES string of the molecule is COC(=O)c1ccc(Nc2cnn(-c3ccc(C)cc3)c2C(C)C)nn1. The number of nitrogens with one attached hydrogen (secondary N) is 1. The second-order valence-electron chi connectivity index (χ2n) is 6.27. The minimum Gasteiger partial charge on any atom is -0.464 e. The van der Waals surface area contributed by atoms with Gasteiger partial charge in [-0.2, -0.15) is 5.10 Å². The summed E-state index contributed by atoms with van der Waals surface area (Å²) in [5.74, 6) is 0.255. The van der Waals surface area contributed by atoms with Gasteiger partial charge in [0.05, 0.1) is 30.4 Å². The van der Waals surface area contributed by atoms with Crippen molar-refractivity contribution in [3.05, 3.63) is 59.5 Å². The third kappa shape index (κ3) is 3.56. The third-order valence-electron chi connectivity index (χ3n) is 3.95. The fraction of sp³-hybridized carbons (Fsp3) is 0.263. The van der Waals surface area contributed by atoms with E-state index in [9.17, 15) is 4.79 Å². The first-order chi connectivity index (χ1) is 12.5. The predicted molar refractivity (Wildman–Crippen MR) is 99.0 cm³/mol. The molecule has 0 aliphatic rings. The van der Waals surface area contributed by atoms with E-state index in [1.54, 1.807) is 18.3 Å². The summed E-state index contributed by atoms with van der Waals surface area (Å²) < 4.78 is 6.55. The number of rotatable bonds is 5. The molecule has 0 fully saturated rings. The molecule has 134 valence electrons. The van der Waals surface area contributed by atoms with Gasteiger partial charge in [-0.25, -0.2) is 9.48 Å². The highest BCUT2D eigenvalue weighted by molar-refractivity contribution is 5.87. The molecule has 0 amide bonds. The molecule has 2 aromatic heterocycles. The predicted octanol–water partition coefficient (Wildman–Crippen LogP) is 3.62. The Morgan fingerprint density at radius 2 is 1.85 bits per heavy atom. The Hall–Kier alpha value is -3.22. The Kier molecular flexibility index (Phi) is 4.97. The summed E-state index contributed by atoms with van der Waals surface area (Å²) in [6.07, 6.45) is 1.77. The van der Waals surface area contributed by atoms with Crippen LogP contribution in [0.2, 0.25) is 0 Å². The van der Waals surface area contributed by atoms with Crippen molar-refractivity contribution in [3.63, 3.8) is 0 Å². The lowest BCUT2D eigenvalue weighted by atomic mass is 10.1. The number of aromatic nitrogens is 4. The van der Waals surface area contributed by atoms with Crippen LogP contribution in [0.3, 0.4) is 0 Å². The molecule has 0 aliphatic heterocycles. The average Bonchev–Trinajstić information content (AvgIpc) is 3.06. The highest BCUT2D eigenvalue weighted by atomic mass is 16.5. The van der Waals surface area contributed by atoms with E-state index < -0.39 is 5.97 Å². The molecule has 2 heterocycles. The van der Waals surface area contributed by atoms with Crippen LogP contribution >= 0.6 is 0 Å². The van der Waals surface area contributed by atoms with Gasteiger partial charge in [0.1, 0.15) is 0 Å². The highest BCUT2D eigenvalue weighted by Crippen LogP contribution is 2.28. The first-order valence-corrected chi connectivity index (χ1v) is 8.33. The Balaban J connectivity index is 1.91. The van der Waals surface area contributed by atoms with E-state index in [1.165, 1.54) is 12.7 Å². The standard InChI is InChI=1S/C19H21N5O2/c1-12(2)18-16(11-20-24(18)14-7-5-13(3)6-8-14)21-17-10-9-15(22-23-17)19(25)26-4/h5-12H,1-4H3,(H,21,23). The van der Waals surface area contributed by atoms with E-state index in [-0.39, 0.29) is 11.6 Å². The summed E-state index contributed by atoms with van der Waals surface area (Å²) in [6.45, 7) is 6.28. The maximum atomic E-state index is 11.5. The fourth-order valence-corrected chi connectivity index (χ4v) is 2.65. The van der Waals surface area contributed by atoms with Gasteiger partial charge in [0.15, 0.2) is 11.5 Å². The van der Waals surface area contributed by atoms with E-state index in [0.29, 0.717) is 5.82 Å². The molecule has 26 heavy (non-hydrogen) atoms. The van der Waals surface area contributed by atoms with Crippen molar-refractivity contribution >= 4 is 17.5 Å². The molecular formula is C19H21N5O2. The Labute approximate surface area is 152 Å². The lowest BCUT2D eigenvalue weighted by Crippen LogP contribution is -2.08. The fourth-order valence-electron chi connectivity index (χ4n) is 2.65. The van der Waals surface area contributed by atoms with E-state index in [0.717, 1.165) is 17.1 Å². The number of carbonyl (C=O) groups excluding carboxylic acids is 1. The maximum Gasteiger partial charge on any atom is 0.358 e. The first kappa shape index (κ1) is 17.6. The lowest BCUT2D eigenvalue weighted by molar-refractivity contribution is 0.0593. The maximum absolute atomic E-state index is 11.5. The monoisotopic (exact) mass is 351 g/mol. The molecule has 3 rings (SSSR count). The molecule has 0 saturated carbocycles. The zero-order valence-corrected chi connectivity index (χ0v) is 15.2. The van der Waals surface area contributed by atoms with E-state index in [2.05, 4.69) is 58.3 Å². The molecule has 0 aliphatic carbocycles. The topological polar surface area (TPSA) is 81.9 Å². The number of methoxy groups -OCH3 is 1. The van der Waals surface area contributed by atoms with Gasteiger partial charge in [-0.15, -0.1) is 10.2 Å². The highest BCUT2D eigenvalue weighted by Gasteiger charge is 2.17. The number of aryl methyl sites for hydroxylation is 1. The number of benzene rings is 1. The van der Waals surface area contributed by atoms with Crippen LogP contribution in [0.4, 0.5) is 11.5 Å². The molecule has 0 bridgehead atoms. The van der Waals surface area contributed by atoms with Crippen LogP contribution in [0.1, 0.15) is 41.5 Å². The van der Waals surface area contributed by atoms with Gasteiger partial charge in [0.2, 0.25) is 0 Å². The van der Waals surface area contributed by atoms with Crippen molar-refractivity contribution in [1.29, 1.82) is 0 Å². The molecule has 0 spiro atoms. The molecule has 0 saturated heterocycles. The summed E-state index contributed by atoms with van der Waals surface area (Å²) in [4.78, 5) is 11.5. The van der Waals surface area contributed by atoms with Gasteiger partial charge >= 0.3 is 5.97 Å². The zero-order chi connectivity index (χ0) is 18.7. The largest absolute Gasteiger partial charge is 0.464 e. The summed E-state index contributed by atoms with van der Waals surface area (Å²) in [7, 11) is 1.31. The van der Waals surface area contributed by atoms with Crippen LogP contribution in [-0.4, -0.2) is 33.1 Å². The molecular weight excluding hydrogens is 330 g/mol. The lowest BCUT2D eigenvalue weighted by Gasteiger charge is -2.13. The van der Waals surface area contributed by atoms with Crippen molar-refractivity contribution in [2.75, 3.05) is 12.4 Å². The Bertz CT molecular complexity index is 899. The zero-order valence-electron chi connectivity index (χ0n) is 15.2. The van der Waals surface area contributed by atoms with Gasteiger partial charge in [-0.05, 0) is 37.1 Å². The van der Waals surface area contributed by atoms with Crippen molar-refractivity contribution in [2.24, 2.45) is 0 Å². The van der Waals surface area contributed by atoms with Crippen LogP contribution in [0, 0.1) is 6.92 Å². The number of hydrogen-bond donors (Lipinski definition) is 1. The molecule has 7 nitrogen and oxygen atoms in total. The van der Waals surface area contributed by atoms with Crippen LogP contribution in [-0.2, 0) is 4.74 Å². The number of ether oxygens (including phenoxy) is 1. The Morgan fingerprint density at radius 1 is 1.12 bits per heavy atom. The number of carbonyl (C=O) groups is 1.